The smallest absolute Gasteiger partial charge is 0.244 e. The van der Waals surface area contributed by atoms with Crippen LogP contribution < -0.4 is 4.90 Å². The molecule has 2 atom stereocenters. The molecule has 0 aliphatic carbocycles. The molecule has 1 aromatic rings. The minimum atomic E-state index is -3.51. The van der Waals surface area contributed by atoms with Gasteiger partial charge in [-0.1, -0.05) is 12.1 Å². The molecule has 0 radical (unpaired) electrons. The van der Waals surface area contributed by atoms with Crippen LogP contribution in [-0.2, 0) is 14.8 Å². The van der Waals surface area contributed by atoms with Crippen molar-refractivity contribution in [2.45, 2.75) is 24.0 Å². The maximum atomic E-state index is 12.4. The lowest BCUT2D eigenvalue weighted by Crippen LogP contribution is -2.48. The highest BCUT2D eigenvalue weighted by molar-refractivity contribution is 7.89. The van der Waals surface area contributed by atoms with E-state index in [1.807, 2.05) is 17.9 Å². The van der Waals surface area contributed by atoms with Crippen LogP contribution in [0.2, 0.25) is 0 Å². The lowest BCUT2D eigenvalue weighted by atomic mass is 10.2. The number of nitrogens with zero attached hydrogens (tertiary/aromatic N) is 2. The molecular formula is C14H22N2O4S. The number of sulfonamides is 1. The highest BCUT2D eigenvalue weighted by Gasteiger charge is 2.29. The molecule has 2 rings (SSSR count). The highest BCUT2D eigenvalue weighted by atomic mass is 32.2. The van der Waals surface area contributed by atoms with E-state index in [-0.39, 0.29) is 23.7 Å². The first-order chi connectivity index (χ1) is 9.86. The number of anilines is 1. The molecule has 1 aliphatic heterocycles. The van der Waals surface area contributed by atoms with Crippen LogP contribution in [0.4, 0.5) is 5.69 Å². The first-order valence-electron chi connectivity index (χ1n) is 6.89. The summed E-state index contributed by atoms with van der Waals surface area (Å²) in [6.45, 7) is 2.90. The molecule has 21 heavy (non-hydrogen) atoms. The molecular weight excluding hydrogens is 292 g/mol. The van der Waals surface area contributed by atoms with Crippen LogP contribution in [0.5, 0.6) is 0 Å². The van der Waals surface area contributed by atoms with Gasteiger partial charge in [0.2, 0.25) is 10.0 Å². The maximum absolute atomic E-state index is 12.4. The summed E-state index contributed by atoms with van der Waals surface area (Å²) in [6.07, 6.45) is -0.366. The number of benzene rings is 1. The van der Waals surface area contributed by atoms with Gasteiger partial charge in [-0.05, 0) is 19.1 Å². The SMILES string of the molecule is CC1CN(c2ccccc2S(=O)(=O)N(C)C)CC(CO)O1. The third-order valence-corrected chi connectivity index (χ3v) is 5.36. The van der Waals surface area contributed by atoms with Crippen LogP contribution in [0.15, 0.2) is 29.2 Å². The molecule has 1 saturated heterocycles. The minimum absolute atomic E-state index is 0.0639. The highest BCUT2D eigenvalue weighted by Crippen LogP contribution is 2.29. The van der Waals surface area contributed by atoms with E-state index in [1.165, 1.54) is 18.4 Å². The summed E-state index contributed by atoms with van der Waals surface area (Å²) in [5.74, 6) is 0. The summed E-state index contributed by atoms with van der Waals surface area (Å²) in [7, 11) is -0.473. The van der Waals surface area contributed by atoms with E-state index in [9.17, 15) is 13.5 Å². The van der Waals surface area contributed by atoms with Gasteiger partial charge >= 0.3 is 0 Å². The topological polar surface area (TPSA) is 70.1 Å². The summed E-state index contributed by atoms with van der Waals surface area (Å²) in [5, 5.41) is 9.31. The van der Waals surface area contributed by atoms with E-state index < -0.39 is 10.0 Å². The summed E-state index contributed by atoms with van der Waals surface area (Å²) in [5.41, 5.74) is 0.653. The lowest BCUT2D eigenvalue weighted by molar-refractivity contribution is -0.0422. The molecule has 1 aromatic carbocycles. The van der Waals surface area contributed by atoms with Crippen molar-refractivity contribution in [2.24, 2.45) is 0 Å². The number of rotatable bonds is 4. The molecule has 0 spiro atoms. The fraction of sp³-hybridized carbons (Fsp3) is 0.571. The van der Waals surface area contributed by atoms with Gasteiger partial charge < -0.3 is 14.7 Å². The van der Waals surface area contributed by atoms with E-state index >= 15 is 0 Å². The number of morpholine rings is 1. The Hall–Kier alpha value is -1.15. The molecule has 6 nitrogen and oxygen atoms in total. The predicted octanol–water partition coefficient (Wildman–Crippen LogP) is 0.523. The van der Waals surface area contributed by atoms with Crippen LogP contribution in [0.1, 0.15) is 6.92 Å². The predicted molar refractivity (Wildman–Crippen MR) is 80.9 cm³/mol. The summed E-state index contributed by atoms with van der Waals surface area (Å²) >= 11 is 0. The Balaban J connectivity index is 2.41. The summed E-state index contributed by atoms with van der Waals surface area (Å²) in [4.78, 5) is 2.24. The van der Waals surface area contributed by atoms with Crippen molar-refractivity contribution in [3.63, 3.8) is 0 Å². The number of hydrogen-bond acceptors (Lipinski definition) is 5. The zero-order valence-electron chi connectivity index (χ0n) is 12.6. The molecule has 1 N–H and O–H groups in total. The molecule has 2 unspecified atom stereocenters. The monoisotopic (exact) mass is 314 g/mol. The fourth-order valence-corrected chi connectivity index (χ4v) is 3.58. The molecule has 1 heterocycles. The van der Waals surface area contributed by atoms with E-state index in [0.717, 1.165) is 0 Å². The Kier molecular flexibility index (Phi) is 4.88. The zero-order chi connectivity index (χ0) is 15.6. The Morgan fingerprint density at radius 2 is 2.00 bits per heavy atom. The Labute approximate surface area is 126 Å². The van der Waals surface area contributed by atoms with Gasteiger partial charge in [-0.3, -0.25) is 0 Å². The molecule has 118 valence electrons. The molecule has 1 aliphatic rings. The van der Waals surface area contributed by atoms with Crippen molar-refractivity contribution in [3.8, 4) is 0 Å². The first kappa shape index (κ1) is 16.2. The van der Waals surface area contributed by atoms with Gasteiger partial charge in [0.05, 0.1) is 24.5 Å². The van der Waals surface area contributed by atoms with Crippen molar-refractivity contribution >= 4 is 15.7 Å². The van der Waals surface area contributed by atoms with Gasteiger partial charge in [0.25, 0.3) is 0 Å². The van der Waals surface area contributed by atoms with Gasteiger partial charge in [0.1, 0.15) is 4.90 Å². The maximum Gasteiger partial charge on any atom is 0.244 e. The molecule has 0 amide bonds. The Morgan fingerprint density at radius 1 is 1.33 bits per heavy atom. The standard InChI is InChI=1S/C14H22N2O4S/c1-11-8-16(9-12(10-17)20-11)13-6-4-5-7-14(13)21(18,19)15(2)3/h4-7,11-12,17H,8-10H2,1-3H3. The Bertz CT molecular complexity index is 588. The number of para-hydroxylation sites is 1. The van der Waals surface area contributed by atoms with Crippen LogP contribution in [0.25, 0.3) is 0 Å². The first-order valence-corrected chi connectivity index (χ1v) is 8.33. The van der Waals surface area contributed by atoms with E-state index in [2.05, 4.69) is 0 Å². The normalized spacial score (nSPS) is 23.6. The van der Waals surface area contributed by atoms with Gasteiger partial charge in [-0.2, -0.15) is 0 Å². The van der Waals surface area contributed by atoms with Crippen LogP contribution in [-0.4, -0.2) is 63.8 Å². The molecule has 7 heteroatoms. The van der Waals surface area contributed by atoms with Crippen LogP contribution in [0, 0.1) is 0 Å². The summed E-state index contributed by atoms with van der Waals surface area (Å²) < 4.78 is 31.7. The van der Waals surface area contributed by atoms with Crippen molar-refractivity contribution in [1.82, 2.24) is 4.31 Å². The zero-order valence-corrected chi connectivity index (χ0v) is 13.4. The number of hydrogen-bond donors (Lipinski definition) is 1. The second-order valence-electron chi connectivity index (χ2n) is 5.41. The second-order valence-corrected chi connectivity index (χ2v) is 7.53. The van der Waals surface area contributed by atoms with Crippen LogP contribution >= 0.6 is 0 Å². The van der Waals surface area contributed by atoms with E-state index in [4.69, 9.17) is 4.74 Å². The lowest BCUT2D eigenvalue weighted by Gasteiger charge is -2.38. The largest absolute Gasteiger partial charge is 0.394 e. The summed E-state index contributed by atoms with van der Waals surface area (Å²) in [6, 6.07) is 6.94. The minimum Gasteiger partial charge on any atom is -0.394 e. The molecule has 0 aromatic heterocycles. The molecule has 0 saturated carbocycles. The van der Waals surface area contributed by atoms with Crippen molar-refractivity contribution in [1.29, 1.82) is 0 Å². The second kappa shape index (κ2) is 6.31. The molecule has 0 bridgehead atoms. The quantitative estimate of drug-likeness (QED) is 0.877. The van der Waals surface area contributed by atoms with Gasteiger partial charge in [0, 0.05) is 27.2 Å². The third kappa shape index (κ3) is 3.37. The van der Waals surface area contributed by atoms with Crippen molar-refractivity contribution in [3.05, 3.63) is 24.3 Å². The van der Waals surface area contributed by atoms with E-state index in [1.54, 1.807) is 18.2 Å². The molecule has 1 fully saturated rings. The van der Waals surface area contributed by atoms with Crippen molar-refractivity contribution in [2.75, 3.05) is 38.7 Å². The fourth-order valence-electron chi connectivity index (χ4n) is 2.48. The Morgan fingerprint density at radius 3 is 2.62 bits per heavy atom. The van der Waals surface area contributed by atoms with Gasteiger partial charge in [-0.15, -0.1) is 0 Å². The van der Waals surface area contributed by atoms with Gasteiger partial charge in [-0.25, -0.2) is 12.7 Å². The number of aliphatic hydroxyl groups is 1. The average Bonchev–Trinajstić information content (AvgIpc) is 2.46. The number of ether oxygens (including phenoxy) is 1. The average molecular weight is 314 g/mol. The van der Waals surface area contributed by atoms with Crippen LogP contribution in [0.3, 0.4) is 0 Å². The third-order valence-electron chi connectivity index (χ3n) is 3.49. The van der Waals surface area contributed by atoms with Crippen molar-refractivity contribution < 1.29 is 18.3 Å². The number of aliphatic hydroxyl groups excluding tert-OH is 1. The van der Waals surface area contributed by atoms with E-state index in [0.29, 0.717) is 18.8 Å². The van der Waals surface area contributed by atoms with Gasteiger partial charge in [0.15, 0.2) is 0 Å².